The third kappa shape index (κ3) is 4.39. The fraction of sp³-hybridized carbons (Fsp3) is 0.294. The zero-order valence-electron chi connectivity index (χ0n) is 12.4. The molecule has 0 aliphatic carbocycles. The first-order chi connectivity index (χ1) is 10.2. The van der Waals surface area contributed by atoms with E-state index in [4.69, 9.17) is 14.6 Å². The van der Waals surface area contributed by atoms with E-state index in [9.17, 15) is 0 Å². The van der Waals surface area contributed by atoms with E-state index in [2.05, 4.69) is 18.3 Å². The van der Waals surface area contributed by atoms with Gasteiger partial charge < -0.3 is 19.9 Å². The number of hydrogen-bond donors (Lipinski definition) is 2. The van der Waals surface area contributed by atoms with Crippen LogP contribution in [0.3, 0.4) is 0 Å². The van der Waals surface area contributed by atoms with Crippen LogP contribution in [0.4, 0.5) is 5.69 Å². The molecular weight excluding hydrogens is 266 g/mol. The lowest BCUT2D eigenvalue weighted by molar-refractivity contribution is 0.201. The van der Waals surface area contributed by atoms with Gasteiger partial charge in [0.1, 0.15) is 18.1 Å². The minimum Gasteiger partial charge on any atom is -0.497 e. The molecule has 0 bridgehead atoms. The molecule has 2 aromatic rings. The predicted octanol–water partition coefficient (Wildman–Crippen LogP) is 3.24. The van der Waals surface area contributed by atoms with Crippen LogP contribution >= 0.6 is 0 Å². The Hall–Kier alpha value is -2.20. The molecule has 0 heterocycles. The minimum absolute atomic E-state index is 0.0207. The van der Waals surface area contributed by atoms with Crippen LogP contribution in [0.2, 0.25) is 0 Å². The highest BCUT2D eigenvalue weighted by Gasteiger charge is 2.06. The van der Waals surface area contributed by atoms with Gasteiger partial charge >= 0.3 is 0 Å². The second-order valence-corrected chi connectivity index (χ2v) is 4.74. The Morgan fingerprint density at radius 3 is 2.52 bits per heavy atom. The maximum atomic E-state index is 8.72. The molecule has 0 amide bonds. The quantitative estimate of drug-likeness (QED) is 0.821. The van der Waals surface area contributed by atoms with Crippen LogP contribution < -0.4 is 14.8 Å². The van der Waals surface area contributed by atoms with Crippen molar-refractivity contribution in [3.63, 3.8) is 0 Å². The van der Waals surface area contributed by atoms with E-state index in [1.54, 1.807) is 7.11 Å². The van der Waals surface area contributed by atoms with E-state index >= 15 is 0 Å². The number of aliphatic hydroxyl groups is 1. The van der Waals surface area contributed by atoms with E-state index in [1.165, 1.54) is 0 Å². The fourth-order valence-corrected chi connectivity index (χ4v) is 2.06. The van der Waals surface area contributed by atoms with E-state index in [-0.39, 0.29) is 12.6 Å². The number of anilines is 1. The Balaban J connectivity index is 1.99. The second kappa shape index (κ2) is 7.55. The Bertz CT molecular complexity index is 554. The Kier molecular flexibility index (Phi) is 5.46. The molecule has 4 heteroatoms. The lowest BCUT2D eigenvalue weighted by Gasteiger charge is -2.17. The number of aliphatic hydroxyl groups excluding tert-OH is 1. The molecule has 0 saturated carbocycles. The number of ether oxygens (including phenoxy) is 2. The van der Waals surface area contributed by atoms with Crippen molar-refractivity contribution in [1.82, 2.24) is 0 Å². The predicted molar refractivity (Wildman–Crippen MR) is 84.1 cm³/mol. The molecule has 2 N–H and O–H groups in total. The van der Waals surface area contributed by atoms with Gasteiger partial charge in [0.2, 0.25) is 0 Å². The Morgan fingerprint density at radius 1 is 1.10 bits per heavy atom. The van der Waals surface area contributed by atoms with Crippen LogP contribution in [0.15, 0.2) is 48.5 Å². The van der Waals surface area contributed by atoms with E-state index in [0.717, 1.165) is 22.7 Å². The third-order valence-electron chi connectivity index (χ3n) is 3.19. The molecule has 0 aromatic heterocycles. The molecule has 1 atom stereocenters. The summed E-state index contributed by atoms with van der Waals surface area (Å²) in [5, 5.41) is 12.2. The van der Waals surface area contributed by atoms with Gasteiger partial charge in [0.05, 0.1) is 13.7 Å². The monoisotopic (exact) mass is 287 g/mol. The molecule has 4 nitrogen and oxygen atoms in total. The SMILES string of the molecule is COc1cccc(C(C)Nc2ccc(OCCO)cc2)c1. The zero-order chi connectivity index (χ0) is 15.1. The number of methoxy groups -OCH3 is 1. The van der Waals surface area contributed by atoms with Crippen molar-refractivity contribution < 1.29 is 14.6 Å². The normalized spacial score (nSPS) is 11.8. The topological polar surface area (TPSA) is 50.7 Å². The summed E-state index contributed by atoms with van der Waals surface area (Å²) in [4.78, 5) is 0. The summed E-state index contributed by atoms with van der Waals surface area (Å²) in [7, 11) is 1.67. The van der Waals surface area contributed by atoms with Gasteiger partial charge in [0, 0.05) is 11.7 Å². The van der Waals surface area contributed by atoms with Crippen molar-refractivity contribution in [3.05, 3.63) is 54.1 Å². The van der Waals surface area contributed by atoms with Crippen LogP contribution in [0.25, 0.3) is 0 Å². The van der Waals surface area contributed by atoms with Gasteiger partial charge in [-0.1, -0.05) is 12.1 Å². The highest BCUT2D eigenvalue weighted by Crippen LogP contribution is 2.24. The van der Waals surface area contributed by atoms with Gasteiger partial charge in [0.25, 0.3) is 0 Å². The molecule has 2 rings (SSSR count). The highest BCUT2D eigenvalue weighted by atomic mass is 16.5. The van der Waals surface area contributed by atoms with Crippen LogP contribution in [0, 0.1) is 0 Å². The van der Waals surface area contributed by atoms with Gasteiger partial charge in [-0.2, -0.15) is 0 Å². The number of hydrogen-bond acceptors (Lipinski definition) is 4. The summed E-state index contributed by atoms with van der Waals surface area (Å²) < 4.78 is 10.6. The summed E-state index contributed by atoms with van der Waals surface area (Å²) in [5.41, 5.74) is 2.18. The van der Waals surface area contributed by atoms with Crippen molar-refractivity contribution in [2.24, 2.45) is 0 Å². The molecule has 0 aliphatic heterocycles. The van der Waals surface area contributed by atoms with Crippen LogP contribution in [0.1, 0.15) is 18.5 Å². The molecule has 0 spiro atoms. The standard InChI is InChI=1S/C17H21NO3/c1-13(14-4-3-5-17(12-14)20-2)18-15-6-8-16(9-7-15)21-11-10-19/h3-9,12-13,18-19H,10-11H2,1-2H3. The van der Waals surface area contributed by atoms with E-state index in [1.807, 2.05) is 42.5 Å². The molecule has 0 saturated heterocycles. The van der Waals surface area contributed by atoms with Crippen LogP contribution in [-0.4, -0.2) is 25.4 Å². The summed E-state index contributed by atoms with van der Waals surface area (Å²) >= 11 is 0. The van der Waals surface area contributed by atoms with Crippen molar-refractivity contribution in [2.75, 3.05) is 25.6 Å². The zero-order valence-corrected chi connectivity index (χ0v) is 12.4. The smallest absolute Gasteiger partial charge is 0.119 e. The van der Waals surface area contributed by atoms with Gasteiger partial charge in [-0.3, -0.25) is 0 Å². The number of benzene rings is 2. The lowest BCUT2D eigenvalue weighted by atomic mass is 10.1. The van der Waals surface area contributed by atoms with Crippen LogP contribution in [-0.2, 0) is 0 Å². The van der Waals surface area contributed by atoms with Crippen molar-refractivity contribution in [2.45, 2.75) is 13.0 Å². The van der Waals surface area contributed by atoms with Crippen LogP contribution in [0.5, 0.6) is 11.5 Å². The largest absolute Gasteiger partial charge is 0.497 e. The lowest BCUT2D eigenvalue weighted by Crippen LogP contribution is -2.07. The first-order valence-electron chi connectivity index (χ1n) is 6.97. The summed E-state index contributed by atoms with van der Waals surface area (Å²) in [6, 6.07) is 15.9. The van der Waals surface area contributed by atoms with Crippen molar-refractivity contribution >= 4 is 5.69 Å². The number of nitrogens with one attached hydrogen (secondary N) is 1. The van der Waals surface area contributed by atoms with Gasteiger partial charge in [-0.05, 0) is 48.9 Å². The molecule has 1 unspecified atom stereocenters. The molecular formula is C17H21NO3. The number of rotatable bonds is 7. The summed E-state index contributed by atoms with van der Waals surface area (Å²) in [5.74, 6) is 1.61. The third-order valence-corrected chi connectivity index (χ3v) is 3.19. The van der Waals surface area contributed by atoms with E-state index in [0.29, 0.717) is 6.61 Å². The average Bonchev–Trinajstić information content (AvgIpc) is 2.54. The average molecular weight is 287 g/mol. The summed E-state index contributed by atoms with van der Waals surface area (Å²) in [6.07, 6.45) is 0. The minimum atomic E-state index is 0.0207. The first-order valence-corrected chi connectivity index (χ1v) is 6.97. The highest BCUT2D eigenvalue weighted by molar-refractivity contribution is 5.48. The second-order valence-electron chi connectivity index (χ2n) is 4.74. The van der Waals surface area contributed by atoms with Gasteiger partial charge in [0.15, 0.2) is 0 Å². The maximum Gasteiger partial charge on any atom is 0.119 e. The molecule has 2 aromatic carbocycles. The van der Waals surface area contributed by atoms with Gasteiger partial charge in [-0.15, -0.1) is 0 Å². The van der Waals surface area contributed by atoms with Crippen molar-refractivity contribution in [3.8, 4) is 11.5 Å². The van der Waals surface area contributed by atoms with Crippen molar-refractivity contribution in [1.29, 1.82) is 0 Å². The Morgan fingerprint density at radius 2 is 1.86 bits per heavy atom. The first kappa shape index (κ1) is 15.2. The summed E-state index contributed by atoms with van der Waals surface area (Å²) in [6.45, 7) is 2.44. The molecule has 0 aliphatic rings. The molecule has 112 valence electrons. The molecule has 0 radical (unpaired) electrons. The van der Waals surface area contributed by atoms with Gasteiger partial charge in [-0.25, -0.2) is 0 Å². The van der Waals surface area contributed by atoms with E-state index < -0.39 is 0 Å². The molecule has 21 heavy (non-hydrogen) atoms. The fourth-order valence-electron chi connectivity index (χ4n) is 2.06. The maximum absolute atomic E-state index is 8.72. The molecule has 0 fully saturated rings. The Labute approximate surface area is 125 Å².